The molecule has 0 aliphatic rings. The normalized spacial score (nSPS) is 9.60. The lowest BCUT2D eigenvalue weighted by Crippen LogP contribution is -2.25. The number of nitrogens with one attached hydrogen (secondary N) is 1. The maximum atomic E-state index is 11.4. The van der Waals surface area contributed by atoms with E-state index in [-0.39, 0.29) is 5.91 Å². The van der Waals surface area contributed by atoms with Crippen LogP contribution in [0.5, 0.6) is 0 Å². The molecule has 1 rings (SSSR count). The van der Waals surface area contributed by atoms with E-state index < -0.39 is 0 Å². The van der Waals surface area contributed by atoms with Crippen LogP contribution in [0.25, 0.3) is 0 Å². The summed E-state index contributed by atoms with van der Waals surface area (Å²) in [6.45, 7) is 0.547. The lowest BCUT2D eigenvalue weighted by molar-refractivity contribution is 0.0952. The molecule has 0 fully saturated rings. The van der Waals surface area contributed by atoms with Crippen molar-refractivity contribution in [1.82, 2.24) is 15.3 Å². The minimum Gasteiger partial charge on any atom is -0.393 e. The molecule has 1 aromatic heterocycles. The van der Waals surface area contributed by atoms with Gasteiger partial charge in [-0.15, -0.1) is 0 Å². The molecule has 0 aliphatic heterocycles. The maximum Gasteiger partial charge on any atom is 0.254 e. The van der Waals surface area contributed by atoms with Gasteiger partial charge >= 0.3 is 0 Å². The molecule has 0 spiro atoms. The average molecular weight is 224 g/mol. The van der Waals surface area contributed by atoms with Crippen LogP contribution in [0.3, 0.4) is 0 Å². The zero-order valence-corrected chi connectivity index (χ0v) is 8.96. The standard InChI is InChI=1S/C9H12N4OS/c10-8(15)2-1-3-13-9(14)7-4-11-6-12-5-7/h4-6H,1-3H2,(H2,10,15)(H,13,14). The summed E-state index contributed by atoms with van der Waals surface area (Å²) in [5.74, 6) is -0.182. The van der Waals surface area contributed by atoms with Crippen molar-refractivity contribution in [3.63, 3.8) is 0 Å². The lowest BCUT2D eigenvalue weighted by Gasteiger charge is -2.03. The molecule has 3 N–H and O–H groups in total. The highest BCUT2D eigenvalue weighted by atomic mass is 32.1. The van der Waals surface area contributed by atoms with E-state index in [1.807, 2.05) is 0 Å². The smallest absolute Gasteiger partial charge is 0.254 e. The van der Waals surface area contributed by atoms with Crippen LogP contribution in [0.15, 0.2) is 18.7 Å². The highest BCUT2D eigenvalue weighted by Gasteiger charge is 2.03. The highest BCUT2D eigenvalue weighted by molar-refractivity contribution is 7.80. The molecule has 0 unspecified atom stereocenters. The van der Waals surface area contributed by atoms with Gasteiger partial charge in [0.25, 0.3) is 5.91 Å². The summed E-state index contributed by atoms with van der Waals surface area (Å²) in [6, 6.07) is 0. The van der Waals surface area contributed by atoms with Gasteiger partial charge in [0.1, 0.15) is 6.33 Å². The van der Waals surface area contributed by atoms with Crippen LogP contribution < -0.4 is 11.1 Å². The van der Waals surface area contributed by atoms with Gasteiger partial charge in [0, 0.05) is 18.9 Å². The van der Waals surface area contributed by atoms with E-state index in [1.54, 1.807) is 0 Å². The minimum atomic E-state index is -0.182. The van der Waals surface area contributed by atoms with Crippen molar-refractivity contribution in [2.75, 3.05) is 6.54 Å². The Morgan fingerprint density at radius 2 is 2.13 bits per heavy atom. The number of nitrogens with two attached hydrogens (primary N) is 1. The first-order chi connectivity index (χ1) is 7.20. The number of carbonyl (C=O) groups is 1. The summed E-state index contributed by atoms with van der Waals surface area (Å²) in [7, 11) is 0. The van der Waals surface area contributed by atoms with E-state index in [1.165, 1.54) is 18.7 Å². The first-order valence-corrected chi connectivity index (χ1v) is 4.92. The van der Waals surface area contributed by atoms with Crippen molar-refractivity contribution in [3.05, 3.63) is 24.3 Å². The molecule has 0 aromatic carbocycles. The van der Waals surface area contributed by atoms with Gasteiger partial charge in [-0.3, -0.25) is 4.79 Å². The average Bonchev–Trinajstić information content (AvgIpc) is 2.25. The van der Waals surface area contributed by atoms with Crippen LogP contribution in [0.4, 0.5) is 0 Å². The second-order valence-corrected chi connectivity index (χ2v) is 3.48. The lowest BCUT2D eigenvalue weighted by atomic mass is 10.3. The molecular formula is C9H12N4OS. The third-order valence-electron chi connectivity index (χ3n) is 1.71. The summed E-state index contributed by atoms with van der Waals surface area (Å²) >= 11 is 4.71. The molecule has 15 heavy (non-hydrogen) atoms. The zero-order chi connectivity index (χ0) is 11.1. The molecule has 80 valence electrons. The predicted molar refractivity (Wildman–Crippen MR) is 60.4 cm³/mol. The van der Waals surface area contributed by atoms with Crippen molar-refractivity contribution in [2.45, 2.75) is 12.8 Å². The summed E-state index contributed by atoms with van der Waals surface area (Å²) in [6.07, 6.45) is 5.70. The van der Waals surface area contributed by atoms with Gasteiger partial charge in [0.2, 0.25) is 0 Å². The largest absolute Gasteiger partial charge is 0.393 e. The van der Waals surface area contributed by atoms with Crippen LogP contribution >= 0.6 is 12.2 Å². The molecule has 1 aromatic rings. The predicted octanol–water partition coefficient (Wildman–Crippen LogP) is 0.273. The van der Waals surface area contributed by atoms with E-state index >= 15 is 0 Å². The molecule has 1 heterocycles. The van der Waals surface area contributed by atoms with Crippen molar-refractivity contribution >= 4 is 23.1 Å². The molecule has 0 bridgehead atoms. The molecular weight excluding hydrogens is 212 g/mol. The van der Waals surface area contributed by atoms with Crippen LogP contribution in [0.1, 0.15) is 23.2 Å². The molecule has 1 amide bonds. The topological polar surface area (TPSA) is 80.9 Å². The number of aromatic nitrogens is 2. The Labute approximate surface area is 93.1 Å². The first kappa shape index (κ1) is 11.5. The highest BCUT2D eigenvalue weighted by Crippen LogP contribution is 1.93. The zero-order valence-electron chi connectivity index (χ0n) is 8.14. The van der Waals surface area contributed by atoms with E-state index in [0.717, 1.165) is 6.42 Å². The summed E-state index contributed by atoms with van der Waals surface area (Å²) < 4.78 is 0. The van der Waals surface area contributed by atoms with Gasteiger partial charge in [-0.05, 0) is 12.8 Å². The number of carbonyl (C=O) groups excluding carboxylic acids is 1. The number of hydrogen-bond donors (Lipinski definition) is 2. The van der Waals surface area contributed by atoms with Crippen LogP contribution in [0, 0.1) is 0 Å². The molecule has 0 saturated heterocycles. The van der Waals surface area contributed by atoms with Crippen LogP contribution in [0.2, 0.25) is 0 Å². The monoisotopic (exact) mass is 224 g/mol. The van der Waals surface area contributed by atoms with E-state index in [9.17, 15) is 4.79 Å². The van der Waals surface area contributed by atoms with Crippen LogP contribution in [-0.2, 0) is 0 Å². The van der Waals surface area contributed by atoms with E-state index in [4.69, 9.17) is 18.0 Å². The molecule has 6 heteroatoms. The molecule has 5 nitrogen and oxygen atoms in total. The summed E-state index contributed by atoms with van der Waals surface area (Å²) in [5, 5.41) is 2.72. The maximum absolute atomic E-state index is 11.4. The molecule has 0 atom stereocenters. The number of nitrogens with zero attached hydrogens (tertiary/aromatic N) is 2. The summed E-state index contributed by atoms with van der Waals surface area (Å²) in [5.41, 5.74) is 5.77. The van der Waals surface area contributed by atoms with Gasteiger partial charge < -0.3 is 11.1 Å². The number of hydrogen-bond acceptors (Lipinski definition) is 4. The van der Waals surface area contributed by atoms with Gasteiger partial charge in [-0.2, -0.15) is 0 Å². The van der Waals surface area contributed by atoms with Crippen LogP contribution in [-0.4, -0.2) is 27.4 Å². The molecule has 0 aliphatic carbocycles. The molecule has 0 radical (unpaired) electrons. The number of thiocarbonyl (C=S) groups is 1. The Morgan fingerprint density at radius 1 is 1.47 bits per heavy atom. The molecule has 0 saturated carbocycles. The fourth-order valence-electron chi connectivity index (χ4n) is 0.983. The van der Waals surface area contributed by atoms with E-state index in [0.29, 0.717) is 23.5 Å². The first-order valence-electron chi connectivity index (χ1n) is 4.51. The van der Waals surface area contributed by atoms with Crippen molar-refractivity contribution in [1.29, 1.82) is 0 Å². The van der Waals surface area contributed by atoms with E-state index in [2.05, 4.69) is 15.3 Å². The fourth-order valence-corrected chi connectivity index (χ4v) is 1.13. The Hall–Kier alpha value is -1.56. The van der Waals surface area contributed by atoms with Gasteiger partial charge in [0.05, 0.1) is 10.6 Å². The fraction of sp³-hybridized carbons (Fsp3) is 0.333. The second-order valence-electron chi connectivity index (χ2n) is 2.95. The quantitative estimate of drug-likeness (QED) is 0.554. The Kier molecular flexibility index (Phi) is 4.62. The summed E-state index contributed by atoms with van der Waals surface area (Å²) in [4.78, 5) is 19.4. The Balaban J connectivity index is 2.28. The van der Waals surface area contributed by atoms with Gasteiger partial charge in [-0.1, -0.05) is 12.2 Å². The minimum absolute atomic E-state index is 0.182. The van der Waals surface area contributed by atoms with Gasteiger partial charge in [0.15, 0.2) is 0 Å². The Bertz CT molecular complexity index is 341. The number of amides is 1. The third-order valence-corrected chi connectivity index (χ3v) is 1.91. The third kappa shape index (κ3) is 4.46. The second kappa shape index (κ2) is 6.02. The van der Waals surface area contributed by atoms with Gasteiger partial charge in [-0.25, -0.2) is 9.97 Å². The Morgan fingerprint density at radius 3 is 2.73 bits per heavy atom. The van der Waals surface area contributed by atoms with Crippen molar-refractivity contribution in [3.8, 4) is 0 Å². The van der Waals surface area contributed by atoms with Crippen molar-refractivity contribution < 1.29 is 4.79 Å². The van der Waals surface area contributed by atoms with Crippen molar-refractivity contribution in [2.24, 2.45) is 5.73 Å². The SMILES string of the molecule is NC(=S)CCCNC(=O)c1cncnc1. The number of rotatable bonds is 5.